The summed E-state index contributed by atoms with van der Waals surface area (Å²) >= 11 is 7.02. The highest BCUT2D eigenvalue weighted by atomic mass is 79.9. The third kappa shape index (κ3) is 3.68. The molecular formula is C14H18Br2O4. The standard InChI is InChI=1S/C14H18Br2O4/c1-8(17)6-5-7-9-10(15)12(18-2)14(20-4)13(19-3)11(9)16/h5,7-8,17H,6H2,1-4H3. The van der Waals surface area contributed by atoms with Crippen LogP contribution in [0.1, 0.15) is 18.9 Å². The van der Waals surface area contributed by atoms with Crippen LogP contribution in [-0.2, 0) is 0 Å². The highest BCUT2D eigenvalue weighted by molar-refractivity contribution is 9.11. The highest BCUT2D eigenvalue weighted by Crippen LogP contribution is 2.50. The fourth-order valence-electron chi connectivity index (χ4n) is 1.72. The van der Waals surface area contributed by atoms with Crippen molar-refractivity contribution in [2.75, 3.05) is 21.3 Å². The molecule has 0 radical (unpaired) electrons. The molecule has 0 amide bonds. The average Bonchev–Trinajstić information content (AvgIpc) is 2.41. The monoisotopic (exact) mass is 408 g/mol. The van der Waals surface area contributed by atoms with E-state index in [4.69, 9.17) is 14.2 Å². The van der Waals surface area contributed by atoms with Gasteiger partial charge < -0.3 is 19.3 Å². The van der Waals surface area contributed by atoms with E-state index in [0.29, 0.717) is 23.7 Å². The molecule has 1 unspecified atom stereocenters. The molecule has 1 aromatic carbocycles. The van der Waals surface area contributed by atoms with Gasteiger partial charge in [-0.15, -0.1) is 0 Å². The third-order valence-electron chi connectivity index (χ3n) is 2.66. The summed E-state index contributed by atoms with van der Waals surface area (Å²) in [5.74, 6) is 1.63. The lowest BCUT2D eigenvalue weighted by atomic mass is 10.1. The van der Waals surface area contributed by atoms with Gasteiger partial charge in [-0.2, -0.15) is 0 Å². The molecule has 0 fully saturated rings. The van der Waals surface area contributed by atoms with Gasteiger partial charge in [-0.1, -0.05) is 12.2 Å². The molecule has 0 aliphatic heterocycles. The first-order valence-corrected chi connectivity index (χ1v) is 7.58. The molecule has 20 heavy (non-hydrogen) atoms. The average molecular weight is 410 g/mol. The van der Waals surface area contributed by atoms with E-state index in [1.54, 1.807) is 28.3 Å². The highest BCUT2D eigenvalue weighted by Gasteiger charge is 2.22. The predicted molar refractivity (Wildman–Crippen MR) is 86.8 cm³/mol. The van der Waals surface area contributed by atoms with Gasteiger partial charge in [0.1, 0.15) is 0 Å². The summed E-state index contributed by atoms with van der Waals surface area (Å²) in [4.78, 5) is 0. The van der Waals surface area contributed by atoms with Crippen LogP contribution >= 0.6 is 31.9 Å². The first kappa shape index (κ1) is 17.3. The maximum atomic E-state index is 9.31. The molecule has 1 N–H and O–H groups in total. The summed E-state index contributed by atoms with van der Waals surface area (Å²) in [6.45, 7) is 1.74. The van der Waals surface area contributed by atoms with Crippen LogP contribution in [0.4, 0.5) is 0 Å². The van der Waals surface area contributed by atoms with E-state index in [9.17, 15) is 5.11 Å². The Balaban J connectivity index is 3.41. The minimum Gasteiger partial charge on any atom is -0.492 e. The maximum absolute atomic E-state index is 9.31. The zero-order valence-electron chi connectivity index (χ0n) is 11.9. The number of hydrogen-bond acceptors (Lipinski definition) is 4. The normalized spacial score (nSPS) is 12.6. The quantitative estimate of drug-likeness (QED) is 0.770. The number of aliphatic hydroxyl groups is 1. The Kier molecular flexibility index (Phi) is 6.85. The van der Waals surface area contributed by atoms with Crippen LogP contribution in [0.25, 0.3) is 6.08 Å². The Morgan fingerprint density at radius 2 is 1.45 bits per heavy atom. The Hall–Kier alpha value is -0.720. The first-order valence-electron chi connectivity index (χ1n) is 5.99. The zero-order chi connectivity index (χ0) is 15.3. The van der Waals surface area contributed by atoms with E-state index in [1.807, 2.05) is 12.2 Å². The van der Waals surface area contributed by atoms with Crippen LogP contribution in [0.3, 0.4) is 0 Å². The summed E-state index contributed by atoms with van der Waals surface area (Å²) in [5, 5.41) is 9.31. The zero-order valence-corrected chi connectivity index (χ0v) is 15.0. The molecule has 0 saturated carbocycles. The predicted octanol–water partition coefficient (Wildman–Crippen LogP) is 4.02. The van der Waals surface area contributed by atoms with Gasteiger partial charge in [0.2, 0.25) is 5.75 Å². The Labute approximate surface area is 136 Å². The van der Waals surface area contributed by atoms with Crippen molar-refractivity contribution in [2.24, 2.45) is 0 Å². The second-order valence-electron chi connectivity index (χ2n) is 4.13. The molecule has 0 aromatic heterocycles. The van der Waals surface area contributed by atoms with E-state index in [1.165, 1.54) is 0 Å². The van der Waals surface area contributed by atoms with Gasteiger partial charge >= 0.3 is 0 Å². The molecule has 0 saturated heterocycles. The van der Waals surface area contributed by atoms with Crippen molar-refractivity contribution in [3.63, 3.8) is 0 Å². The topological polar surface area (TPSA) is 47.9 Å². The van der Waals surface area contributed by atoms with Crippen molar-refractivity contribution >= 4 is 37.9 Å². The van der Waals surface area contributed by atoms with Crippen LogP contribution in [-0.4, -0.2) is 32.5 Å². The van der Waals surface area contributed by atoms with Gasteiger partial charge in [0, 0.05) is 5.56 Å². The Morgan fingerprint density at radius 1 is 1.00 bits per heavy atom. The van der Waals surface area contributed by atoms with Gasteiger partial charge in [-0.3, -0.25) is 0 Å². The summed E-state index contributed by atoms with van der Waals surface area (Å²) in [6.07, 6.45) is 3.97. The molecule has 0 bridgehead atoms. The molecule has 1 rings (SSSR count). The third-order valence-corrected chi connectivity index (χ3v) is 4.23. The smallest absolute Gasteiger partial charge is 0.205 e. The van der Waals surface area contributed by atoms with Crippen molar-refractivity contribution in [2.45, 2.75) is 19.4 Å². The number of ether oxygens (including phenoxy) is 3. The van der Waals surface area contributed by atoms with Crippen LogP contribution in [0, 0.1) is 0 Å². The largest absolute Gasteiger partial charge is 0.492 e. The number of aliphatic hydroxyl groups excluding tert-OH is 1. The van der Waals surface area contributed by atoms with E-state index in [-0.39, 0.29) is 6.10 Å². The van der Waals surface area contributed by atoms with Crippen molar-refractivity contribution in [1.29, 1.82) is 0 Å². The van der Waals surface area contributed by atoms with E-state index < -0.39 is 0 Å². The fourth-order valence-corrected chi connectivity index (χ4v) is 3.33. The number of benzene rings is 1. The Morgan fingerprint density at radius 3 is 1.80 bits per heavy atom. The van der Waals surface area contributed by atoms with E-state index in [2.05, 4.69) is 31.9 Å². The number of halogens is 2. The minimum atomic E-state index is -0.383. The number of hydrogen-bond donors (Lipinski definition) is 1. The molecule has 112 valence electrons. The molecule has 0 aliphatic rings. The second kappa shape index (κ2) is 7.90. The van der Waals surface area contributed by atoms with Gasteiger partial charge in [0.15, 0.2) is 11.5 Å². The van der Waals surface area contributed by atoms with Crippen LogP contribution in [0.2, 0.25) is 0 Å². The van der Waals surface area contributed by atoms with E-state index >= 15 is 0 Å². The van der Waals surface area contributed by atoms with Crippen molar-refractivity contribution in [3.8, 4) is 17.2 Å². The lowest BCUT2D eigenvalue weighted by Gasteiger charge is -2.17. The number of methoxy groups -OCH3 is 3. The van der Waals surface area contributed by atoms with Crippen molar-refractivity contribution in [1.82, 2.24) is 0 Å². The molecule has 6 heteroatoms. The van der Waals surface area contributed by atoms with Crippen molar-refractivity contribution < 1.29 is 19.3 Å². The first-order chi connectivity index (χ1) is 9.47. The minimum absolute atomic E-state index is 0.383. The molecule has 1 atom stereocenters. The van der Waals surface area contributed by atoms with Crippen LogP contribution in [0.5, 0.6) is 17.2 Å². The van der Waals surface area contributed by atoms with Crippen LogP contribution in [0.15, 0.2) is 15.0 Å². The van der Waals surface area contributed by atoms with Crippen molar-refractivity contribution in [3.05, 3.63) is 20.6 Å². The summed E-state index contributed by atoms with van der Waals surface area (Å²) in [6, 6.07) is 0. The van der Waals surface area contributed by atoms with Gasteiger partial charge in [-0.05, 0) is 45.2 Å². The van der Waals surface area contributed by atoms with E-state index in [0.717, 1.165) is 14.5 Å². The maximum Gasteiger partial charge on any atom is 0.205 e. The second-order valence-corrected chi connectivity index (χ2v) is 5.71. The van der Waals surface area contributed by atoms with Gasteiger partial charge in [0.25, 0.3) is 0 Å². The molecule has 0 aliphatic carbocycles. The fraction of sp³-hybridized carbons (Fsp3) is 0.429. The van der Waals surface area contributed by atoms with Gasteiger partial charge in [0.05, 0.1) is 36.4 Å². The molecule has 0 spiro atoms. The molecule has 4 nitrogen and oxygen atoms in total. The number of rotatable bonds is 6. The summed E-state index contributed by atoms with van der Waals surface area (Å²) in [7, 11) is 4.70. The lowest BCUT2D eigenvalue weighted by Crippen LogP contribution is -1.99. The summed E-state index contributed by atoms with van der Waals surface area (Å²) in [5.41, 5.74) is 0.861. The molecular weight excluding hydrogens is 392 g/mol. The summed E-state index contributed by atoms with van der Waals surface area (Å²) < 4.78 is 17.6. The lowest BCUT2D eigenvalue weighted by molar-refractivity contribution is 0.199. The SMILES string of the molecule is COc1c(Br)c(C=CCC(C)O)c(Br)c(OC)c1OC. The Bertz CT molecular complexity index is 467. The molecule has 1 aromatic rings. The van der Waals surface area contributed by atoms with Crippen LogP contribution < -0.4 is 14.2 Å². The molecule has 0 heterocycles. The van der Waals surface area contributed by atoms with Gasteiger partial charge in [-0.25, -0.2) is 0 Å².